The van der Waals surface area contributed by atoms with Crippen molar-refractivity contribution in [2.45, 2.75) is 103 Å². The first kappa shape index (κ1) is 53.6. The number of benzene rings is 1. The molecule has 2 rings (SSSR count). The van der Waals surface area contributed by atoms with Crippen LogP contribution in [0, 0.1) is 11.8 Å². The van der Waals surface area contributed by atoms with Crippen LogP contribution in [0.2, 0.25) is 0 Å². The molecule has 1 heterocycles. The fourth-order valence-corrected chi connectivity index (χ4v) is 3.27. The number of carboxylic acids is 6. The van der Waals surface area contributed by atoms with E-state index in [-0.39, 0.29) is 12.6 Å². The second kappa shape index (κ2) is 31.7. The van der Waals surface area contributed by atoms with Gasteiger partial charge in [-0.1, -0.05) is 58.0 Å². The first-order valence-corrected chi connectivity index (χ1v) is 15.9. The molecule has 1 aliphatic heterocycles. The number of carboxylic acid groups (broad SMARTS) is 6. The summed E-state index contributed by atoms with van der Waals surface area (Å²) in [4.78, 5) is 59.8. The van der Waals surface area contributed by atoms with E-state index in [9.17, 15) is 28.8 Å². The Kier molecular flexibility index (Phi) is 33.3. The maximum atomic E-state index is 10.4. The zero-order chi connectivity index (χ0) is 40.9. The molecule has 0 spiro atoms. The molecule has 0 aliphatic carbocycles. The van der Waals surface area contributed by atoms with Gasteiger partial charge in [-0.25, -0.2) is 0 Å². The first-order chi connectivity index (χ1) is 23.4. The highest BCUT2D eigenvalue weighted by Gasteiger charge is 2.20. The number of rotatable bonds is 13. The van der Waals surface area contributed by atoms with Gasteiger partial charge in [-0.05, 0) is 63.0 Å². The number of nitrogens with one attached hydrogen (secondary N) is 1. The number of aliphatic hydroxyl groups is 1. The number of hydrogen-bond donors (Lipinski definition) is 13. The summed E-state index contributed by atoms with van der Waals surface area (Å²) in [6, 6.07) is 5.74. The van der Waals surface area contributed by atoms with Crippen LogP contribution in [0.5, 0.6) is 0 Å². The number of hydrogen-bond acceptors (Lipinski definition) is 13. The van der Waals surface area contributed by atoms with E-state index in [0.29, 0.717) is 31.1 Å². The molecule has 19 nitrogen and oxygen atoms in total. The molecule has 1 aromatic carbocycles. The smallest absolute Gasteiger partial charge is 0.323 e. The van der Waals surface area contributed by atoms with E-state index in [1.807, 2.05) is 58.0 Å². The van der Waals surface area contributed by atoms with E-state index in [0.717, 1.165) is 24.9 Å². The highest BCUT2D eigenvalue weighted by Crippen LogP contribution is 2.04. The predicted octanol–water partition coefficient (Wildman–Crippen LogP) is -0.838. The van der Waals surface area contributed by atoms with Crippen LogP contribution in [0.1, 0.15) is 65.9 Å². The molecule has 6 atom stereocenters. The molecule has 0 amide bonds. The molecule has 0 radical (unpaired) electrons. The van der Waals surface area contributed by atoms with Crippen molar-refractivity contribution in [1.29, 1.82) is 0 Å². The molecule has 296 valence electrons. The van der Waals surface area contributed by atoms with Crippen LogP contribution >= 0.6 is 0 Å². The van der Waals surface area contributed by atoms with Crippen molar-refractivity contribution < 1.29 is 64.5 Å². The minimum Gasteiger partial charge on any atom is -0.480 e. The lowest BCUT2D eigenvalue weighted by atomic mass is 10.1. The average Bonchev–Trinajstić information content (AvgIpc) is 3.58. The normalized spacial score (nSPS) is 15.7. The molecule has 1 aliphatic rings. The zero-order valence-corrected chi connectivity index (χ0v) is 29.9. The van der Waals surface area contributed by atoms with Gasteiger partial charge in [0.05, 0.1) is 12.6 Å². The monoisotopic (exact) mass is 736 g/mol. The molecule has 18 N–H and O–H groups in total. The van der Waals surface area contributed by atoms with Crippen LogP contribution in [0.25, 0.3) is 0 Å². The Morgan fingerprint density at radius 2 is 1.10 bits per heavy atom. The second-order valence-electron chi connectivity index (χ2n) is 12.0. The lowest BCUT2D eigenvalue weighted by Crippen LogP contribution is -2.39. The Morgan fingerprint density at radius 3 is 1.27 bits per heavy atom. The predicted molar refractivity (Wildman–Crippen MR) is 189 cm³/mol. The van der Waals surface area contributed by atoms with Crippen molar-refractivity contribution >= 4 is 35.8 Å². The molecule has 0 bridgehead atoms. The van der Waals surface area contributed by atoms with Gasteiger partial charge >= 0.3 is 35.8 Å². The molecule has 1 saturated heterocycles. The van der Waals surface area contributed by atoms with E-state index < -0.39 is 66.1 Å². The second-order valence-corrected chi connectivity index (χ2v) is 12.0. The molecule has 1 fully saturated rings. The lowest BCUT2D eigenvalue weighted by molar-refractivity contribution is -0.141. The number of nitrogens with two attached hydrogens (primary N) is 5. The highest BCUT2D eigenvalue weighted by atomic mass is 16.4. The van der Waals surface area contributed by atoms with Crippen LogP contribution < -0.4 is 34.0 Å². The van der Waals surface area contributed by atoms with Gasteiger partial charge in [-0.3, -0.25) is 28.8 Å². The average molecular weight is 737 g/mol. The fraction of sp³-hybridized carbons (Fsp3) is 0.625. The first-order valence-electron chi connectivity index (χ1n) is 15.9. The van der Waals surface area contributed by atoms with Gasteiger partial charge in [0.2, 0.25) is 0 Å². The third kappa shape index (κ3) is 36.9. The van der Waals surface area contributed by atoms with Gasteiger partial charge < -0.3 is 69.7 Å². The Labute approximate surface area is 298 Å². The standard InChI is InChI=1S/C9H11NO2.2C6H13NO2.C5H9NO2.C4H9NO3.C2H5NO2/c10-8(9(11)12)6-7-4-2-1-3-5-7;2*1-4(2)3-5(7)6(8)9;7-5(8)4-2-1-3-6-4;1-2(6)3(5)4(7)8;3-1-2(4)5/h1-5,8H,6,10H2,(H,11,12);2*4-5H,3,7H2,1-2H3,(H,8,9);4,6H,1-3H2,(H,7,8);2-3,6H,5H2,1H3,(H,7,8);1,3H2,(H,4,5)/t;;;4-;;/m...0../s1. The highest BCUT2D eigenvalue weighted by molar-refractivity contribution is 5.75. The summed E-state index contributed by atoms with van der Waals surface area (Å²) in [5.41, 5.74) is 26.2. The summed E-state index contributed by atoms with van der Waals surface area (Å²) in [5, 5.41) is 60.5. The number of aliphatic carboxylic acids is 6. The summed E-state index contributed by atoms with van der Waals surface area (Å²) < 4.78 is 0. The molecule has 1 aromatic rings. The van der Waals surface area contributed by atoms with E-state index >= 15 is 0 Å². The molecule has 51 heavy (non-hydrogen) atoms. The quantitative estimate of drug-likeness (QED) is 0.117. The van der Waals surface area contributed by atoms with Gasteiger partial charge in [-0.15, -0.1) is 0 Å². The van der Waals surface area contributed by atoms with Crippen LogP contribution in [0.3, 0.4) is 0 Å². The van der Waals surface area contributed by atoms with E-state index in [1.54, 1.807) is 0 Å². The number of aliphatic hydroxyl groups excluding tert-OH is 1. The van der Waals surface area contributed by atoms with E-state index in [4.69, 9.17) is 58.7 Å². The molecule has 19 heteroatoms. The fourth-order valence-electron chi connectivity index (χ4n) is 3.27. The lowest BCUT2D eigenvalue weighted by Gasteiger charge is -2.07. The largest absolute Gasteiger partial charge is 0.480 e. The summed E-state index contributed by atoms with van der Waals surface area (Å²) >= 11 is 0. The van der Waals surface area contributed by atoms with Crippen LogP contribution in [0.15, 0.2) is 30.3 Å². The number of carbonyl (C=O) groups is 6. The van der Waals surface area contributed by atoms with Crippen LogP contribution in [-0.2, 0) is 35.2 Å². The maximum absolute atomic E-state index is 10.4. The molecular weight excluding hydrogens is 676 g/mol. The molecule has 0 saturated carbocycles. The Bertz CT molecular complexity index is 1080. The summed E-state index contributed by atoms with van der Waals surface area (Å²) in [7, 11) is 0. The minimum absolute atomic E-state index is 0.269. The third-order valence-electron chi connectivity index (χ3n) is 6.04. The van der Waals surface area contributed by atoms with Crippen molar-refractivity contribution in [3.63, 3.8) is 0 Å². The van der Waals surface area contributed by atoms with E-state index in [1.165, 1.54) is 6.92 Å². The van der Waals surface area contributed by atoms with Crippen LogP contribution in [0.4, 0.5) is 0 Å². The Morgan fingerprint density at radius 1 is 0.706 bits per heavy atom. The van der Waals surface area contributed by atoms with Crippen molar-refractivity contribution in [3.8, 4) is 0 Å². The van der Waals surface area contributed by atoms with Gasteiger partial charge in [0.25, 0.3) is 0 Å². The van der Waals surface area contributed by atoms with Gasteiger partial charge in [-0.2, -0.15) is 0 Å². The van der Waals surface area contributed by atoms with Crippen LogP contribution in [-0.4, -0.2) is 121 Å². The molecule has 0 aromatic heterocycles. The van der Waals surface area contributed by atoms with Gasteiger partial charge in [0, 0.05) is 0 Å². The maximum Gasteiger partial charge on any atom is 0.323 e. The summed E-state index contributed by atoms with van der Waals surface area (Å²) in [5.74, 6) is -4.94. The van der Waals surface area contributed by atoms with Gasteiger partial charge in [0.15, 0.2) is 0 Å². The third-order valence-corrected chi connectivity index (χ3v) is 6.04. The molecule has 5 unspecified atom stereocenters. The molecular formula is C32H60N6O13. The Balaban J connectivity index is -0.000000264. The van der Waals surface area contributed by atoms with Gasteiger partial charge in [0.1, 0.15) is 30.2 Å². The SMILES string of the molecule is CC(C)CC(N)C(=O)O.CC(C)CC(N)C(=O)O.CC(O)C(N)C(=O)O.NC(Cc1ccccc1)C(=O)O.NCC(=O)O.O=C(O)[C@@H]1CCCN1. The van der Waals surface area contributed by atoms with Crippen molar-refractivity contribution in [2.24, 2.45) is 40.5 Å². The van der Waals surface area contributed by atoms with E-state index in [2.05, 4.69) is 11.1 Å². The summed E-state index contributed by atoms with van der Waals surface area (Å²) in [6.07, 6.45) is 2.29. The van der Waals surface area contributed by atoms with Crippen molar-refractivity contribution in [3.05, 3.63) is 35.9 Å². The summed E-state index contributed by atoms with van der Waals surface area (Å²) in [6.45, 7) is 9.70. The zero-order valence-electron chi connectivity index (χ0n) is 29.9. The topological polar surface area (TPSA) is 386 Å². The minimum atomic E-state index is -1.18. The Hall–Kier alpha value is -4.24. The van der Waals surface area contributed by atoms with Crippen molar-refractivity contribution in [1.82, 2.24) is 5.32 Å². The van der Waals surface area contributed by atoms with Crippen molar-refractivity contribution in [2.75, 3.05) is 13.1 Å².